The van der Waals surface area contributed by atoms with Crippen molar-refractivity contribution in [2.24, 2.45) is 5.92 Å². The van der Waals surface area contributed by atoms with E-state index in [-0.39, 0.29) is 12.5 Å². The van der Waals surface area contributed by atoms with E-state index >= 15 is 0 Å². The normalized spacial score (nSPS) is 18.9. The third kappa shape index (κ3) is 3.67. The average molecular weight is 290 g/mol. The summed E-state index contributed by atoms with van der Waals surface area (Å²) >= 11 is 0. The SMILES string of the molecule is O=C(COCC1CC1)N1CCN(c2ccccc2O)CC1. The number of hydrogen-bond acceptors (Lipinski definition) is 4. The summed E-state index contributed by atoms with van der Waals surface area (Å²) in [5.74, 6) is 1.06. The van der Waals surface area contributed by atoms with Gasteiger partial charge in [0.25, 0.3) is 0 Å². The highest BCUT2D eigenvalue weighted by Crippen LogP contribution is 2.29. The van der Waals surface area contributed by atoms with Gasteiger partial charge in [0.1, 0.15) is 12.4 Å². The summed E-state index contributed by atoms with van der Waals surface area (Å²) in [4.78, 5) is 16.0. The second-order valence-electron chi connectivity index (χ2n) is 5.82. The molecule has 1 aromatic carbocycles. The van der Waals surface area contributed by atoms with Gasteiger partial charge >= 0.3 is 0 Å². The van der Waals surface area contributed by atoms with Crippen LogP contribution in [0.4, 0.5) is 5.69 Å². The minimum absolute atomic E-state index is 0.0765. The lowest BCUT2D eigenvalue weighted by Gasteiger charge is -2.36. The first-order valence-corrected chi connectivity index (χ1v) is 7.62. The molecule has 2 fully saturated rings. The average Bonchev–Trinajstić information content (AvgIpc) is 3.32. The van der Waals surface area contributed by atoms with Gasteiger partial charge in [-0.05, 0) is 30.9 Å². The predicted molar refractivity (Wildman–Crippen MR) is 80.4 cm³/mol. The molecule has 1 N–H and O–H groups in total. The van der Waals surface area contributed by atoms with E-state index in [0.29, 0.717) is 24.8 Å². The largest absolute Gasteiger partial charge is 0.506 e. The Balaban J connectivity index is 1.45. The molecule has 1 amide bonds. The Kier molecular flexibility index (Phi) is 4.29. The van der Waals surface area contributed by atoms with Crippen LogP contribution in [0.15, 0.2) is 24.3 Å². The summed E-state index contributed by atoms with van der Waals surface area (Å²) in [6.07, 6.45) is 2.49. The van der Waals surface area contributed by atoms with Gasteiger partial charge in [-0.2, -0.15) is 0 Å². The van der Waals surface area contributed by atoms with Gasteiger partial charge in [-0.3, -0.25) is 4.79 Å². The molecular weight excluding hydrogens is 268 g/mol. The van der Waals surface area contributed by atoms with Crippen molar-refractivity contribution in [3.05, 3.63) is 24.3 Å². The third-order valence-electron chi connectivity index (χ3n) is 4.13. The molecule has 0 unspecified atom stereocenters. The molecule has 1 saturated heterocycles. The quantitative estimate of drug-likeness (QED) is 0.892. The van der Waals surface area contributed by atoms with Gasteiger partial charge in [0.05, 0.1) is 12.3 Å². The number of amides is 1. The number of hydrogen-bond donors (Lipinski definition) is 1. The number of carbonyl (C=O) groups excluding carboxylic acids is 1. The van der Waals surface area contributed by atoms with Crippen molar-refractivity contribution < 1.29 is 14.6 Å². The van der Waals surface area contributed by atoms with E-state index in [1.54, 1.807) is 6.07 Å². The highest BCUT2D eigenvalue weighted by molar-refractivity contribution is 5.77. The molecule has 1 saturated carbocycles. The monoisotopic (exact) mass is 290 g/mol. The van der Waals surface area contributed by atoms with E-state index in [2.05, 4.69) is 4.90 Å². The summed E-state index contributed by atoms with van der Waals surface area (Å²) in [6.45, 7) is 3.77. The molecule has 0 bridgehead atoms. The topological polar surface area (TPSA) is 53.0 Å². The van der Waals surface area contributed by atoms with Gasteiger partial charge in [-0.1, -0.05) is 12.1 Å². The van der Waals surface area contributed by atoms with Crippen LogP contribution in [0.3, 0.4) is 0 Å². The minimum atomic E-state index is 0.0765. The van der Waals surface area contributed by atoms with E-state index in [9.17, 15) is 9.90 Å². The summed E-state index contributed by atoms with van der Waals surface area (Å²) in [7, 11) is 0. The molecule has 5 nitrogen and oxygen atoms in total. The van der Waals surface area contributed by atoms with Crippen LogP contribution < -0.4 is 4.90 Å². The highest BCUT2D eigenvalue weighted by atomic mass is 16.5. The molecule has 0 radical (unpaired) electrons. The van der Waals surface area contributed by atoms with Gasteiger partial charge in [0, 0.05) is 26.2 Å². The van der Waals surface area contributed by atoms with Crippen molar-refractivity contribution in [2.75, 3.05) is 44.3 Å². The Morgan fingerprint density at radius 2 is 1.90 bits per heavy atom. The number of phenols is 1. The van der Waals surface area contributed by atoms with Crippen LogP contribution in [0, 0.1) is 5.92 Å². The van der Waals surface area contributed by atoms with Crippen LogP contribution in [0.1, 0.15) is 12.8 Å². The van der Waals surface area contributed by atoms with Crippen LogP contribution in [-0.2, 0) is 9.53 Å². The summed E-state index contributed by atoms with van der Waals surface area (Å²) in [6, 6.07) is 7.33. The number of piperazine rings is 1. The lowest BCUT2D eigenvalue weighted by Crippen LogP contribution is -2.49. The Bertz CT molecular complexity index is 494. The second-order valence-corrected chi connectivity index (χ2v) is 5.82. The fraction of sp³-hybridized carbons (Fsp3) is 0.562. The summed E-state index contributed by atoms with van der Waals surface area (Å²) in [5, 5.41) is 9.87. The zero-order valence-electron chi connectivity index (χ0n) is 12.2. The molecule has 21 heavy (non-hydrogen) atoms. The zero-order chi connectivity index (χ0) is 14.7. The lowest BCUT2D eigenvalue weighted by atomic mass is 10.2. The van der Waals surface area contributed by atoms with E-state index in [1.807, 2.05) is 23.1 Å². The van der Waals surface area contributed by atoms with Crippen molar-refractivity contribution in [3.8, 4) is 5.75 Å². The van der Waals surface area contributed by atoms with Gasteiger partial charge in [-0.25, -0.2) is 0 Å². The second kappa shape index (κ2) is 6.35. The molecule has 3 rings (SSSR count). The number of anilines is 1. The zero-order valence-corrected chi connectivity index (χ0v) is 12.2. The molecular formula is C16H22N2O3. The van der Waals surface area contributed by atoms with E-state index in [0.717, 1.165) is 25.4 Å². The van der Waals surface area contributed by atoms with E-state index < -0.39 is 0 Å². The van der Waals surface area contributed by atoms with E-state index in [4.69, 9.17) is 4.74 Å². The number of rotatable bonds is 5. The molecule has 1 aliphatic heterocycles. The number of phenolic OH excluding ortho intramolecular Hbond substituents is 1. The smallest absolute Gasteiger partial charge is 0.248 e. The maximum atomic E-state index is 12.0. The van der Waals surface area contributed by atoms with Gasteiger partial charge in [0.2, 0.25) is 5.91 Å². The Morgan fingerprint density at radius 3 is 2.57 bits per heavy atom. The van der Waals surface area contributed by atoms with Gasteiger partial charge < -0.3 is 19.6 Å². The first-order valence-electron chi connectivity index (χ1n) is 7.62. The highest BCUT2D eigenvalue weighted by Gasteiger charge is 2.24. The van der Waals surface area contributed by atoms with Crippen LogP contribution >= 0.6 is 0 Å². The fourth-order valence-corrected chi connectivity index (χ4v) is 2.62. The van der Waals surface area contributed by atoms with Crippen molar-refractivity contribution in [1.82, 2.24) is 4.90 Å². The Hall–Kier alpha value is -1.75. The Morgan fingerprint density at radius 1 is 1.19 bits per heavy atom. The first kappa shape index (κ1) is 14.2. The fourth-order valence-electron chi connectivity index (χ4n) is 2.62. The number of ether oxygens (including phenoxy) is 1. The van der Waals surface area contributed by atoms with Crippen molar-refractivity contribution in [3.63, 3.8) is 0 Å². The maximum Gasteiger partial charge on any atom is 0.248 e. The molecule has 1 aromatic rings. The number of aromatic hydroxyl groups is 1. The number of carbonyl (C=O) groups is 1. The van der Waals surface area contributed by atoms with Crippen LogP contribution in [0.25, 0.3) is 0 Å². The molecule has 2 aliphatic rings. The number of benzene rings is 1. The Labute approximate surface area is 125 Å². The molecule has 0 spiro atoms. The first-order chi connectivity index (χ1) is 10.2. The van der Waals surface area contributed by atoms with Gasteiger partial charge in [-0.15, -0.1) is 0 Å². The molecule has 1 heterocycles. The van der Waals surface area contributed by atoms with Crippen molar-refractivity contribution in [2.45, 2.75) is 12.8 Å². The van der Waals surface area contributed by atoms with Crippen LogP contribution in [0.5, 0.6) is 5.75 Å². The number of nitrogens with zero attached hydrogens (tertiary/aromatic N) is 2. The van der Waals surface area contributed by atoms with Crippen LogP contribution in [0.2, 0.25) is 0 Å². The third-order valence-corrected chi connectivity index (χ3v) is 4.13. The van der Waals surface area contributed by atoms with E-state index in [1.165, 1.54) is 12.8 Å². The standard InChI is InChI=1S/C16H22N2O3/c19-15-4-2-1-3-14(15)17-7-9-18(10-8-17)16(20)12-21-11-13-5-6-13/h1-4,13,19H,5-12H2. The molecule has 0 atom stereocenters. The van der Waals surface area contributed by atoms with Crippen LogP contribution in [-0.4, -0.2) is 55.3 Å². The predicted octanol–water partition coefficient (Wildman–Crippen LogP) is 1.47. The molecule has 1 aliphatic carbocycles. The molecule has 0 aromatic heterocycles. The summed E-state index contributed by atoms with van der Waals surface area (Å²) in [5.41, 5.74) is 0.842. The maximum absolute atomic E-state index is 12.0. The van der Waals surface area contributed by atoms with Gasteiger partial charge in [0.15, 0.2) is 0 Å². The lowest BCUT2D eigenvalue weighted by molar-refractivity contribution is -0.136. The van der Waals surface area contributed by atoms with Crippen molar-refractivity contribution >= 4 is 11.6 Å². The molecule has 114 valence electrons. The minimum Gasteiger partial charge on any atom is -0.506 e. The summed E-state index contributed by atoms with van der Waals surface area (Å²) < 4.78 is 5.46. The molecule has 5 heteroatoms. The number of para-hydroxylation sites is 2. The van der Waals surface area contributed by atoms with Crippen molar-refractivity contribution in [1.29, 1.82) is 0 Å².